The van der Waals surface area contributed by atoms with Gasteiger partial charge in [0, 0.05) is 12.8 Å². The van der Waals surface area contributed by atoms with Crippen molar-refractivity contribution < 1.29 is 14.3 Å². The predicted molar refractivity (Wildman–Crippen MR) is 93.5 cm³/mol. The lowest BCUT2D eigenvalue weighted by atomic mass is 10.1. The average Bonchev–Trinajstić information content (AvgIpc) is 3.25. The molecule has 128 valence electrons. The number of carbonyl (C=O) groups is 1. The zero-order valence-electron chi connectivity index (χ0n) is 13.9. The lowest BCUT2D eigenvalue weighted by Crippen LogP contribution is -2.26. The molecule has 0 unspecified atom stereocenters. The molecule has 4 rings (SSSR count). The van der Waals surface area contributed by atoms with E-state index in [1.807, 2.05) is 49.4 Å². The molecule has 2 aromatic carbocycles. The van der Waals surface area contributed by atoms with E-state index in [9.17, 15) is 4.79 Å². The van der Waals surface area contributed by atoms with Gasteiger partial charge in [0.15, 0.2) is 11.5 Å². The Morgan fingerprint density at radius 1 is 1.24 bits per heavy atom. The first-order valence-electron chi connectivity index (χ1n) is 8.31. The highest BCUT2D eigenvalue weighted by molar-refractivity contribution is 5.77. The summed E-state index contributed by atoms with van der Waals surface area (Å²) in [6, 6.07) is 13.5. The SMILES string of the molecule is C[C@@H](NC(=O)CCc1nc2ccccc2[nH]1)c1ccc2c(c1)OCO2. The predicted octanol–water partition coefficient (Wildman–Crippen LogP) is 3.10. The molecule has 6 heteroatoms. The van der Waals surface area contributed by atoms with Gasteiger partial charge in [-0.1, -0.05) is 18.2 Å². The number of carbonyl (C=O) groups excluding carboxylic acids is 1. The Morgan fingerprint density at radius 2 is 2.08 bits per heavy atom. The molecule has 1 aromatic heterocycles. The van der Waals surface area contributed by atoms with E-state index in [0.29, 0.717) is 12.8 Å². The molecule has 0 radical (unpaired) electrons. The van der Waals surface area contributed by atoms with Gasteiger partial charge in [-0.25, -0.2) is 4.98 Å². The fraction of sp³-hybridized carbons (Fsp3) is 0.263. The van der Waals surface area contributed by atoms with E-state index >= 15 is 0 Å². The van der Waals surface area contributed by atoms with E-state index in [1.165, 1.54) is 0 Å². The number of nitrogens with zero attached hydrogens (tertiary/aromatic N) is 1. The van der Waals surface area contributed by atoms with Gasteiger partial charge in [-0.2, -0.15) is 0 Å². The van der Waals surface area contributed by atoms with Gasteiger partial charge in [-0.3, -0.25) is 4.79 Å². The van der Waals surface area contributed by atoms with Crippen molar-refractivity contribution in [2.75, 3.05) is 6.79 Å². The van der Waals surface area contributed by atoms with Crippen LogP contribution in [0.5, 0.6) is 11.5 Å². The number of aromatic amines is 1. The van der Waals surface area contributed by atoms with Crippen molar-refractivity contribution >= 4 is 16.9 Å². The number of hydrogen-bond acceptors (Lipinski definition) is 4. The quantitative estimate of drug-likeness (QED) is 0.750. The topological polar surface area (TPSA) is 76.2 Å². The summed E-state index contributed by atoms with van der Waals surface area (Å²) in [4.78, 5) is 20.0. The molecule has 1 atom stereocenters. The second kappa shape index (κ2) is 6.47. The molecule has 0 bridgehead atoms. The lowest BCUT2D eigenvalue weighted by Gasteiger charge is -2.14. The molecule has 0 saturated heterocycles. The highest BCUT2D eigenvalue weighted by Crippen LogP contribution is 2.34. The first-order chi connectivity index (χ1) is 12.2. The molecule has 1 amide bonds. The van der Waals surface area contributed by atoms with E-state index in [1.54, 1.807) is 0 Å². The second-order valence-corrected chi connectivity index (χ2v) is 6.10. The molecule has 2 N–H and O–H groups in total. The van der Waals surface area contributed by atoms with Crippen molar-refractivity contribution in [2.45, 2.75) is 25.8 Å². The van der Waals surface area contributed by atoms with E-state index in [4.69, 9.17) is 9.47 Å². The Labute approximate surface area is 145 Å². The number of fused-ring (bicyclic) bond motifs is 2. The van der Waals surface area contributed by atoms with E-state index in [2.05, 4.69) is 15.3 Å². The van der Waals surface area contributed by atoms with Crippen molar-refractivity contribution in [3.8, 4) is 11.5 Å². The Balaban J connectivity index is 1.35. The number of benzene rings is 2. The van der Waals surface area contributed by atoms with Gasteiger partial charge in [0.2, 0.25) is 12.7 Å². The highest BCUT2D eigenvalue weighted by Gasteiger charge is 2.17. The van der Waals surface area contributed by atoms with Crippen LogP contribution in [0.15, 0.2) is 42.5 Å². The molecule has 0 fully saturated rings. The number of nitrogens with one attached hydrogen (secondary N) is 2. The Morgan fingerprint density at radius 3 is 2.96 bits per heavy atom. The largest absolute Gasteiger partial charge is 0.454 e. The van der Waals surface area contributed by atoms with Gasteiger partial charge in [-0.05, 0) is 36.8 Å². The summed E-state index contributed by atoms with van der Waals surface area (Å²) in [6.45, 7) is 2.20. The van der Waals surface area contributed by atoms with Crippen LogP contribution in [0, 0.1) is 0 Å². The fourth-order valence-electron chi connectivity index (χ4n) is 2.94. The maximum atomic E-state index is 12.2. The van der Waals surface area contributed by atoms with E-state index < -0.39 is 0 Å². The molecule has 1 aliphatic rings. The summed E-state index contributed by atoms with van der Waals surface area (Å²) in [6.07, 6.45) is 0.961. The van der Waals surface area contributed by atoms with Crippen molar-refractivity contribution in [1.29, 1.82) is 0 Å². The van der Waals surface area contributed by atoms with Gasteiger partial charge in [0.1, 0.15) is 5.82 Å². The van der Waals surface area contributed by atoms with Crippen LogP contribution < -0.4 is 14.8 Å². The van der Waals surface area contributed by atoms with Crippen LogP contribution in [-0.4, -0.2) is 22.7 Å². The first-order valence-corrected chi connectivity index (χ1v) is 8.31. The van der Waals surface area contributed by atoms with Gasteiger partial charge in [-0.15, -0.1) is 0 Å². The van der Waals surface area contributed by atoms with Gasteiger partial charge >= 0.3 is 0 Å². The minimum Gasteiger partial charge on any atom is -0.454 e. The van der Waals surface area contributed by atoms with Crippen molar-refractivity contribution in [1.82, 2.24) is 15.3 Å². The number of aromatic nitrogens is 2. The lowest BCUT2D eigenvalue weighted by molar-refractivity contribution is -0.121. The van der Waals surface area contributed by atoms with Gasteiger partial charge in [0.25, 0.3) is 0 Å². The average molecular weight is 337 g/mol. The maximum absolute atomic E-state index is 12.2. The Bertz CT molecular complexity index is 886. The van der Waals surface area contributed by atoms with Crippen LogP contribution in [0.1, 0.15) is 30.8 Å². The van der Waals surface area contributed by atoms with Gasteiger partial charge < -0.3 is 19.8 Å². The molecular weight excluding hydrogens is 318 g/mol. The van der Waals surface area contributed by atoms with Gasteiger partial charge in [0.05, 0.1) is 17.1 Å². The third-order valence-electron chi connectivity index (χ3n) is 4.30. The summed E-state index contributed by atoms with van der Waals surface area (Å²) < 4.78 is 10.7. The molecule has 1 aliphatic heterocycles. The second-order valence-electron chi connectivity index (χ2n) is 6.10. The first kappa shape index (κ1) is 15.5. The van der Waals surface area contributed by atoms with Crippen molar-refractivity contribution in [3.05, 3.63) is 53.9 Å². The molecule has 0 aliphatic carbocycles. The standard InChI is InChI=1S/C19H19N3O3/c1-12(13-6-7-16-17(10-13)25-11-24-16)20-19(23)9-8-18-21-14-4-2-3-5-15(14)22-18/h2-7,10,12H,8-9,11H2,1H3,(H,20,23)(H,21,22)/t12-/m1/s1. The zero-order chi connectivity index (χ0) is 17.2. The third-order valence-corrected chi connectivity index (χ3v) is 4.30. The fourth-order valence-corrected chi connectivity index (χ4v) is 2.94. The molecule has 0 spiro atoms. The zero-order valence-corrected chi connectivity index (χ0v) is 13.9. The minimum atomic E-state index is -0.0994. The summed E-state index contributed by atoms with van der Waals surface area (Å²) in [5.74, 6) is 2.28. The highest BCUT2D eigenvalue weighted by atomic mass is 16.7. The van der Waals surface area contributed by atoms with Crippen LogP contribution in [0.25, 0.3) is 11.0 Å². The Hall–Kier alpha value is -3.02. The van der Waals surface area contributed by atoms with Crippen LogP contribution in [0.2, 0.25) is 0 Å². The number of H-pyrrole nitrogens is 1. The van der Waals surface area contributed by atoms with Crippen molar-refractivity contribution in [3.63, 3.8) is 0 Å². The summed E-state index contributed by atoms with van der Waals surface area (Å²) in [5, 5.41) is 3.01. The third kappa shape index (κ3) is 3.28. The number of ether oxygens (including phenoxy) is 2. The molecule has 0 saturated carbocycles. The number of imidazole rings is 1. The van der Waals surface area contributed by atoms with Crippen LogP contribution >= 0.6 is 0 Å². The smallest absolute Gasteiger partial charge is 0.231 e. The molecule has 6 nitrogen and oxygen atoms in total. The number of aryl methyl sites for hydroxylation is 1. The number of hydrogen-bond donors (Lipinski definition) is 2. The van der Waals surface area contributed by atoms with Crippen LogP contribution in [0.3, 0.4) is 0 Å². The molecule has 3 aromatic rings. The molecule has 25 heavy (non-hydrogen) atoms. The number of para-hydroxylation sites is 2. The minimum absolute atomic E-state index is 0.00868. The van der Waals surface area contributed by atoms with Crippen LogP contribution in [-0.2, 0) is 11.2 Å². The van der Waals surface area contributed by atoms with E-state index in [-0.39, 0.29) is 18.7 Å². The number of amides is 1. The molecule has 2 heterocycles. The Kier molecular flexibility index (Phi) is 4.01. The number of rotatable bonds is 5. The van der Waals surface area contributed by atoms with E-state index in [0.717, 1.165) is 33.9 Å². The van der Waals surface area contributed by atoms with Crippen LogP contribution in [0.4, 0.5) is 0 Å². The van der Waals surface area contributed by atoms with Crippen molar-refractivity contribution in [2.24, 2.45) is 0 Å². The molecular formula is C19H19N3O3. The summed E-state index contributed by atoms with van der Waals surface area (Å²) in [5.41, 5.74) is 2.90. The summed E-state index contributed by atoms with van der Waals surface area (Å²) in [7, 11) is 0. The monoisotopic (exact) mass is 337 g/mol. The maximum Gasteiger partial charge on any atom is 0.231 e. The normalized spacial score (nSPS) is 13.8. The summed E-state index contributed by atoms with van der Waals surface area (Å²) >= 11 is 0.